The monoisotopic (exact) mass is 608 g/mol. The van der Waals surface area contributed by atoms with Crippen LogP contribution >= 0.6 is 0 Å². The molecule has 0 bridgehead atoms. The summed E-state index contributed by atoms with van der Waals surface area (Å²) in [5.41, 5.74) is -1.08. The molecule has 2 saturated heterocycles. The van der Waals surface area contributed by atoms with Gasteiger partial charge in [-0.2, -0.15) is 0 Å². The molecule has 5 rings (SSSR count). The highest BCUT2D eigenvalue weighted by Crippen LogP contribution is 2.70. The van der Waals surface area contributed by atoms with Crippen LogP contribution < -0.4 is 0 Å². The number of hydrogen-bond acceptors (Lipinski definition) is 7. The third-order valence-corrected chi connectivity index (χ3v) is 13.7. The van der Waals surface area contributed by atoms with E-state index in [0.29, 0.717) is 49.0 Å². The van der Waals surface area contributed by atoms with Gasteiger partial charge in [-0.15, -0.1) is 0 Å². The van der Waals surface area contributed by atoms with Crippen molar-refractivity contribution in [1.29, 1.82) is 0 Å². The van der Waals surface area contributed by atoms with Crippen molar-refractivity contribution < 1.29 is 34.3 Å². The number of hydrogen-bond donors (Lipinski definition) is 3. The van der Waals surface area contributed by atoms with E-state index in [9.17, 15) is 15.3 Å². The van der Waals surface area contributed by atoms with Gasteiger partial charge >= 0.3 is 0 Å². The predicted molar refractivity (Wildman–Crippen MR) is 167 cm³/mol. The molecule has 3 saturated carbocycles. The van der Waals surface area contributed by atoms with Crippen LogP contribution in [0.15, 0.2) is 0 Å². The average molecular weight is 609 g/mol. The molecule has 0 amide bonds. The van der Waals surface area contributed by atoms with Crippen molar-refractivity contribution in [2.45, 2.75) is 162 Å². The third-order valence-electron chi connectivity index (χ3n) is 13.7. The molecule has 0 aromatic rings. The third kappa shape index (κ3) is 6.12. The quantitative estimate of drug-likeness (QED) is 0.291. The lowest BCUT2D eigenvalue weighted by molar-refractivity contribution is -0.240. The minimum atomic E-state index is -0.980. The summed E-state index contributed by atoms with van der Waals surface area (Å²) in [4.78, 5) is 0. The Bertz CT molecular complexity index is 933. The summed E-state index contributed by atoms with van der Waals surface area (Å²) in [6, 6.07) is 0. The number of aliphatic hydroxyl groups is 3. The molecular formula is C36H64O7. The molecule has 0 aromatic heterocycles. The van der Waals surface area contributed by atoms with E-state index in [1.54, 1.807) is 7.11 Å². The Hall–Kier alpha value is -0.280. The second-order valence-electron chi connectivity index (χ2n) is 16.9. The standard InChI is InChI=1S/C36H64O7/c1-22-11-14-29(43-30-19-25(38)15-17-41-30)33(3,4)26(22)13-12-24-10-9-16-35(7)31-23(2)18-27(32(40-8)34(5,6)39)42-28(31)20-36(24,35)21-37/h22-32,37-39H,9-21H2,1-8H3/t22?,23-,24+,25+,26?,27-,28?,29+,30?,31?,32+,35-,36-/m1/s1. The van der Waals surface area contributed by atoms with Gasteiger partial charge in [0.15, 0.2) is 6.29 Å². The van der Waals surface area contributed by atoms with Gasteiger partial charge in [-0.25, -0.2) is 0 Å². The van der Waals surface area contributed by atoms with Gasteiger partial charge in [0.25, 0.3) is 0 Å². The normalized spacial score (nSPS) is 47.5. The van der Waals surface area contributed by atoms with Crippen molar-refractivity contribution in [3.05, 3.63) is 0 Å². The van der Waals surface area contributed by atoms with Crippen LogP contribution in [-0.2, 0) is 18.9 Å². The van der Waals surface area contributed by atoms with E-state index in [1.165, 1.54) is 12.8 Å². The first kappa shape index (κ1) is 34.1. The SMILES string of the molecule is CO[C@@H]([C@H]1C[C@@H](C)C2C(C[C@@]3(CO)[C@H](CCC4C(C)CC[C@H](OC5C[C@@H](O)CCO5)C4(C)C)CCC[C@]23C)O1)C(C)(C)O. The number of ether oxygens (including phenoxy) is 4. The van der Waals surface area contributed by atoms with Crippen LogP contribution in [0.2, 0.25) is 0 Å². The fraction of sp³-hybridized carbons (Fsp3) is 1.00. The number of methoxy groups -OCH3 is 1. The molecule has 5 aliphatic rings. The Labute approximate surface area is 261 Å². The van der Waals surface area contributed by atoms with Crippen LogP contribution in [-0.4, -0.2) is 78.1 Å². The first-order valence-corrected chi connectivity index (χ1v) is 17.6. The Morgan fingerprint density at radius 2 is 1.74 bits per heavy atom. The summed E-state index contributed by atoms with van der Waals surface area (Å²) in [5, 5.41) is 32.4. The summed E-state index contributed by atoms with van der Waals surface area (Å²) in [7, 11) is 1.68. The summed E-state index contributed by atoms with van der Waals surface area (Å²) >= 11 is 0. The predicted octanol–water partition coefficient (Wildman–Crippen LogP) is 6.11. The van der Waals surface area contributed by atoms with E-state index in [0.717, 1.165) is 44.9 Å². The highest BCUT2D eigenvalue weighted by atomic mass is 16.7. The van der Waals surface area contributed by atoms with Crippen LogP contribution in [0.4, 0.5) is 0 Å². The Balaban J connectivity index is 1.32. The smallest absolute Gasteiger partial charge is 0.160 e. The zero-order valence-electron chi connectivity index (χ0n) is 28.5. The van der Waals surface area contributed by atoms with E-state index in [-0.39, 0.29) is 59.7 Å². The molecule has 7 heteroatoms. The highest BCUT2D eigenvalue weighted by Gasteiger charge is 2.67. The highest BCUT2D eigenvalue weighted by molar-refractivity contribution is 5.16. The Morgan fingerprint density at radius 1 is 1.00 bits per heavy atom. The molecule has 13 atom stereocenters. The Morgan fingerprint density at radius 3 is 2.40 bits per heavy atom. The maximum Gasteiger partial charge on any atom is 0.160 e. The van der Waals surface area contributed by atoms with Crippen molar-refractivity contribution in [1.82, 2.24) is 0 Å². The molecule has 5 fully saturated rings. The van der Waals surface area contributed by atoms with Crippen LogP contribution in [0.1, 0.15) is 119 Å². The lowest BCUT2D eigenvalue weighted by Crippen LogP contribution is -2.55. The van der Waals surface area contributed by atoms with E-state index in [2.05, 4.69) is 34.6 Å². The minimum Gasteiger partial charge on any atom is -0.396 e. The summed E-state index contributed by atoms with van der Waals surface area (Å²) < 4.78 is 25.2. The molecule has 43 heavy (non-hydrogen) atoms. The molecule has 250 valence electrons. The topological polar surface area (TPSA) is 97.6 Å². The van der Waals surface area contributed by atoms with Crippen molar-refractivity contribution >= 4 is 0 Å². The summed E-state index contributed by atoms with van der Waals surface area (Å²) in [5.74, 6) is 2.46. The molecule has 2 heterocycles. The largest absolute Gasteiger partial charge is 0.396 e. The molecule has 3 N–H and O–H groups in total. The second kappa shape index (κ2) is 12.7. The first-order chi connectivity index (χ1) is 20.2. The molecular weight excluding hydrogens is 544 g/mol. The van der Waals surface area contributed by atoms with Gasteiger partial charge < -0.3 is 34.3 Å². The minimum absolute atomic E-state index is 0.00848. The average Bonchev–Trinajstić information content (AvgIpc) is 3.19. The van der Waals surface area contributed by atoms with E-state index >= 15 is 0 Å². The van der Waals surface area contributed by atoms with Crippen molar-refractivity contribution in [2.24, 2.45) is 45.8 Å². The Kier molecular flexibility index (Phi) is 10.1. The van der Waals surface area contributed by atoms with Gasteiger partial charge in [0.05, 0.1) is 36.6 Å². The van der Waals surface area contributed by atoms with Gasteiger partial charge in [-0.1, -0.05) is 41.0 Å². The maximum absolute atomic E-state index is 11.3. The second-order valence-corrected chi connectivity index (χ2v) is 16.9. The molecule has 0 radical (unpaired) electrons. The molecule has 5 unspecified atom stereocenters. The van der Waals surface area contributed by atoms with Crippen molar-refractivity contribution in [2.75, 3.05) is 20.3 Å². The van der Waals surface area contributed by atoms with E-state index in [4.69, 9.17) is 18.9 Å². The zero-order chi connectivity index (χ0) is 31.4. The van der Waals surface area contributed by atoms with Crippen LogP contribution in [0.25, 0.3) is 0 Å². The van der Waals surface area contributed by atoms with Gasteiger partial charge in [-0.3, -0.25) is 0 Å². The number of rotatable bonds is 9. The zero-order valence-corrected chi connectivity index (χ0v) is 28.5. The van der Waals surface area contributed by atoms with Crippen molar-refractivity contribution in [3.8, 4) is 0 Å². The number of aliphatic hydroxyl groups excluding tert-OH is 2. The lowest BCUT2D eigenvalue weighted by atomic mass is 9.49. The molecule has 7 nitrogen and oxygen atoms in total. The molecule has 0 spiro atoms. The maximum atomic E-state index is 11.3. The van der Waals surface area contributed by atoms with Crippen LogP contribution in [0.5, 0.6) is 0 Å². The summed E-state index contributed by atoms with van der Waals surface area (Å²) in [6.45, 7) is 16.5. The van der Waals surface area contributed by atoms with Gasteiger partial charge in [0.1, 0.15) is 6.10 Å². The van der Waals surface area contributed by atoms with E-state index in [1.807, 2.05) is 13.8 Å². The van der Waals surface area contributed by atoms with E-state index < -0.39 is 5.60 Å². The fourth-order valence-electron chi connectivity index (χ4n) is 11.6. The molecule has 3 aliphatic carbocycles. The summed E-state index contributed by atoms with van der Waals surface area (Å²) in [6.07, 6.45) is 10.1. The van der Waals surface area contributed by atoms with Gasteiger partial charge in [-0.05, 0) is 112 Å². The van der Waals surface area contributed by atoms with Crippen LogP contribution in [0.3, 0.4) is 0 Å². The fourth-order valence-corrected chi connectivity index (χ4v) is 11.6. The first-order valence-electron chi connectivity index (χ1n) is 17.6. The van der Waals surface area contributed by atoms with Crippen molar-refractivity contribution in [3.63, 3.8) is 0 Å². The van der Waals surface area contributed by atoms with Gasteiger partial charge in [0, 0.05) is 25.6 Å². The molecule has 2 aliphatic heterocycles. The van der Waals surface area contributed by atoms with Crippen LogP contribution in [0, 0.1) is 45.8 Å². The molecule has 0 aromatic carbocycles. The number of fused-ring (bicyclic) bond motifs is 3. The lowest BCUT2D eigenvalue weighted by Gasteiger charge is -2.56. The van der Waals surface area contributed by atoms with Gasteiger partial charge in [0.2, 0.25) is 0 Å².